The summed E-state index contributed by atoms with van der Waals surface area (Å²) in [7, 11) is 0. The molecular weight excluding hydrogens is 286 g/mol. The van der Waals surface area contributed by atoms with Crippen molar-refractivity contribution in [2.24, 2.45) is 0 Å². The molecule has 0 spiro atoms. The third-order valence-corrected chi connectivity index (χ3v) is 4.02. The van der Waals surface area contributed by atoms with Gasteiger partial charge in [0, 0.05) is 30.4 Å². The SMILES string of the molecule is CCN(CCNC(=O)c1cc(Cl)nc(C(C)C)c1)C1CC1. The highest BCUT2D eigenvalue weighted by Crippen LogP contribution is 2.25. The molecule has 0 radical (unpaired) electrons. The standard InChI is InChI=1S/C16H24ClN3O/c1-4-20(13-5-6-13)8-7-18-16(21)12-9-14(11(2)3)19-15(17)10-12/h9-11,13H,4-8H2,1-3H3,(H,18,21). The largest absolute Gasteiger partial charge is 0.351 e. The summed E-state index contributed by atoms with van der Waals surface area (Å²) < 4.78 is 0. The molecule has 0 aliphatic heterocycles. The number of nitrogens with zero attached hydrogens (tertiary/aromatic N) is 2. The minimum Gasteiger partial charge on any atom is -0.351 e. The zero-order chi connectivity index (χ0) is 15.4. The molecule has 116 valence electrons. The number of aromatic nitrogens is 1. The van der Waals surface area contributed by atoms with E-state index >= 15 is 0 Å². The summed E-state index contributed by atoms with van der Waals surface area (Å²) in [5.74, 6) is 0.175. The highest BCUT2D eigenvalue weighted by Gasteiger charge is 2.27. The second kappa shape index (κ2) is 7.23. The van der Waals surface area contributed by atoms with E-state index in [0.717, 1.165) is 24.8 Å². The van der Waals surface area contributed by atoms with Gasteiger partial charge in [-0.3, -0.25) is 9.69 Å². The maximum atomic E-state index is 12.2. The van der Waals surface area contributed by atoms with E-state index in [-0.39, 0.29) is 11.8 Å². The van der Waals surface area contributed by atoms with E-state index in [1.54, 1.807) is 6.07 Å². The maximum Gasteiger partial charge on any atom is 0.251 e. The van der Waals surface area contributed by atoms with Crippen molar-refractivity contribution in [2.75, 3.05) is 19.6 Å². The Morgan fingerprint density at radius 1 is 1.48 bits per heavy atom. The van der Waals surface area contributed by atoms with Crippen LogP contribution in [0.25, 0.3) is 0 Å². The second-order valence-electron chi connectivity index (χ2n) is 5.87. The number of halogens is 1. The molecule has 1 amide bonds. The van der Waals surface area contributed by atoms with Crippen molar-refractivity contribution in [1.29, 1.82) is 0 Å². The van der Waals surface area contributed by atoms with Crippen LogP contribution < -0.4 is 5.32 Å². The topological polar surface area (TPSA) is 45.2 Å². The number of amides is 1. The lowest BCUT2D eigenvalue weighted by Gasteiger charge is -2.19. The fourth-order valence-corrected chi connectivity index (χ4v) is 2.61. The van der Waals surface area contributed by atoms with E-state index in [4.69, 9.17) is 11.6 Å². The predicted octanol–water partition coefficient (Wildman–Crippen LogP) is 3.07. The molecule has 2 rings (SSSR count). The molecule has 0 bridgehead atoms. The third kappa shape index (κ3) is 4.68. The lowest BCUT2D eigenvalue weighted by atomic mass is 10.1. The van der Waals surface area contributed by atoms with Crippen LogP contribution in [0, 0.1) is 0 Å². The molecule has 1 aliphatic rings. The lowest BCUT2D eigenvalue weighted by molar-refractivity contribution is 0.0947. The molecule has 1 aliphatic carbocycles. The first-order valence-corrected chi connectivity index (χ1v) is 8.08. The van der Waals surface area contributed by atoms with Gasteiger partial charge in [-0.15, -0.1) is 0 Å². The number of nitrogens with one attached hydrogen (secondary N) is 1. The second-order valence-corrected chi connectivity index (χ2v) is 6.26. The Morgan fingerprint density at radius 3 is 2.76 bits per heavy atom. The summed E-state index contributed by atoms with van der Waals surface area (Å²) in [6, 6.07) is 4.18. The Balaban J connectivity index is 1.90. The van der Waals surface area contributed by atoms with Gasteiger partial charge in [0.15, 0.2) is 0 Å². The van der Waals surface area contributed by atoms with E-state index in [1.807, 2.05) is 19.9 Å². The number of carbonyl (C=O) groups excluding carboxylic acids is 1. The first-order valence-electron chi connectivity index (χ1n) is 7.71. The molecule has 1 aromatic rings. The average molecular weight is 310 g/mol. The van der Waals surface area contributed by atoms with E-state index in [0.29, 0.717) is 17.3 Å². The van der Waals surface area contributed by atoms with Crippen LogP contribution in [0.3, 0.4) is 0 Å². The van der Waals surface area contributed by atoms with Gasteiger partial charge in [0.1, 0.15) is 5.15 Å². The van der Waals surface area contributed by atoms with Crippen LogP contribution in [0.4, 0.5) is 0 Å². The molecule has 1 fully saturated rings. The van der Waals surface area contributed by atoms with Gasteiger partial charge < -0.3 is 5.32 Å². The fraction of sp³-hybridized carbons (Fsp3) is 0.625. The Morgan fingerprint density at radius 2 is 2.19 bits per heavy atom. The van der Waals surface area contributed by atoms with Crippen molar-refractivity contribution >= 4 is 17.5 Å². The zero-order valence-corrected chi connectivity index (χ0v) is 13.8. The highest BCUT2D eigenvalue weighted by atomic mass is 35.5. The van der Waals surface area contributed by atoms with Crippen molar-refractivity contribution in [3.05, 3.63) is 28.5 Å². The minimum atomic E-state index is -0.0759. The summed E-state index contributed by atoms with van der Waals surface area (Å²) in [5, 5.41) is 3.35. The molecule has 4 nitrogen and oxygen atoms in total. The van der Waals surface area contributed by atoms with E-state index in [2.05, 4.69) is 22.1 Å². The molecule has 1 N–H and O–H groups in total. The van der Waals surface area contributed by atoms with Crippen LogP contribution in [0.5, 0.6) is 0 Å². The molecule has 5 heteroatoms. The van der Waals surface area contributed by atoms with Gasteiger partial charge in [0.05, 0.1) is 0 Å². The Kier molecular flexibility index (Phi) is 5.59. The van der Waals surface area contributed by atoms with Crippen LogP contribution in [0.2, 0.25) is 5.15 Å². The summed E-state index contributed by atoms with van der Waals surface area (Å²) >= 11 is 6.00. The lowest BCUT2D eigenvalue weighted by Crippen LogP contribution is -2.36. The number of pyridine rings is 1. The van der Waals surface area contributed by atoms with Crippen LogP contribution in [0.1, 0.15) is 55.6 Å². The molecule has 0 unspecified atom stereocenters. The number of hydrogen-bond donors (Lipinski definition) is 1. The van der Waals surface area contributed by atoms with Crippen molar-refractivity contribution < 1.29 is 4.79 Å². The molecule has 1 aromatic heterocycles. The first kappa shape index (κ1) is 16.2. The minimum absolute atomic E-state index is 0.0759. The Labute approximate surface area is 131 Å². The van der Waals surface area contributed by atoms with Crippen LogP contribution in [-0.4, -0.2) is 41.5 Å². The Hall–Kier alpha value is -1.13. The van der Waals surface area contributed by atoms with Crippen LogP contribution >= 0.6 is 11.6 Å². The Bertz CT molecular complexity index is 500. The van der Waals surface area contributed by atoms with Gasteiger partial charge in [0.25, 0.3) is 5.91 Å². The zero-order valence-electron chi connectivity index (χ0n) is 13.0. The molecule has 1 saturated carbocycles. The predicted molar refractivity (Wildman–Crippen MR) is 85.9 cm³/mol. The molecule has 21 heavy (non-hydrogen) atoms. The summed E-state index contributed by atoms with van der Waals surface area (Å²) in [6.07, 6.45) is 2.58. The maximum absolute atomic E-state index is 12.2. The molecule has 1 heterocycles. The molecule has 0 aromatic carbocycles. The van der Waals surface area contributed by atoms with Crippen molar-refractivity contribution in [1.82, 2.24) is 15.2 Å². The molecule has 0 atom stereocenters. The highest BCUT2D eigenvalue weighted by molar-refractivity contribution is 6.29. The summed E-state index contributed by atoms with van der Waals surface area (Å²) in [5.41, 5.74) is 1.44. The van der Waals surface area contributed by atoms with Gasteiger partial charge in [-0.05, 0) is 37.4 Å². The van der Waals surface area contributed by atoms with Crippen LogP contribution in [-0.2, 0) is 0 Å². The smallest absolute Gasteiger partial charge is 0.251 e. The van der Waals surface area contributed by atoms with Gasteiger partial charge in [-0.25, -0.2) is 4.98 Å². The van der Waals surface area contributed by atoms with Gasteiger partial charge in [-0.2, -0.15) is 0 Å². The van der Waals surface area contributed by atoms with Gasteiger partial charge >= 0.3 is 0 Å². The van der Waals surface area contributed by atoms with Crippen molar-refractivity contribution in [3.63, 3.8) is 0 Å². The summed E-state index contributed by atoms with van der Waals surface area (Å²) in [4.78, 5) is 18.9. The van der Waals surface area contributed by atoms with Gasteiger partial charge in [-0.1, -0.05) is 32.4 Å². The van der Waals surface area contributed by atoms with Crippen molar-refractivity contribution in [3.8, 4) is 0 Å². The van der Waals surface area contributed by atoms with E-state index in [1.165, 1.54) is 12.8 Å². The van der Waals surface area contributed by atoms with E-state index in [9.17, 15) is 4.79 Å². The average Bonchev–Trinajstić information content (AvgIpc) is 3.27. The van der Waals surface area contributed by atoms with Crippen molar-refractivity contribution in [2.45, 2.75) is 45.6 Å². The first-order chi connectivity index (χ1) is 10.0. The molecule has 0 saturated heterocycles. The number of likely N-dealkylation sites (N-methyl/N-ethyl adjacent to an activating group) is 1. The molecular formula is C16H24ClN3O. The monoisotopic (exact) mass is 309 g/mol. The van der Waals surface area contributed by atoms with E-state index < -0.39 is 0 Å². The third-order valence-electron chi connectivity index (χ3n) is 3.82. The summed E-state index contributed by atoms with van der Waals surface area (Å²) in [6.45, 7) is 8.85. The number of carbonyl (C=O) groups is 1. The van der Waals surface area contributed by atoms with Gasteiger partial charge in [0.2, 0.25) is 0 Å². The fourth-order valence-electron chi connectivity index (χ4n) is 2.40. The normalized spacial score (nSPS) is 14.8. The number of rotatable bonds is 7. The quantitative estimate of drug-likeness (QED) is 0.787. The van der Waals surface area contributed by atoms with Crippen LogP contribution in [0.15, 0.2) is 12.1 Å². The number of hydrogen-bond acceptors (Lipinski definition) is 3.